The lowest BCUT2D eigenvalue weighted by atomic mass is 10.1. The van der Waals surface area contributed by atoms with Crippen LogP contribution in [0, 0.1) is 0 Å². The quantitative estimate of drug-likeness (QED) is 0.561. The van der Waals surface area contributed by atoms with Crippen LogP contribution in [-0.4, -0.2) is 26.7 Å². The van der Waals surface area contributed by atoms with Gasteiger partial charge in [0.2, 0.25) is 0 Å². The highest BCUT2D eigenvalue weighted by Gasteiger charge is 2.08. The molecule has 0 unspecified atom stereocenters. The molecular formula is C16H13N5S. The summed E-state index contributed by atoms with van der Waals surface area (Å²) < 4.78 is 0. The van der Waals surface area contributed by atoms with Crippen LogP contribution < -0.4 is 5.32 Å². The van der Waals surface area contributed by atoms with Crippen molar-refractivity contribution >= 4 is 45.1 Å². The van der Waals surface area contributed by atoms with Crippen LogP contribution in [0.1, 0.15) is 0 Å². The van der Waals surface area contributed by atoms with E-state index in [1.54, 1.807) is 11.8 Å². The average molecular weight is 307 g/mol. The molecule has 0 atom stereocenters. The maximum Gasteiger partial charge on any atom is 0.136 e. The first kappa shape index (κ1) is 13.1. The Bertz CT molecular complexity index is 963. The minimum Gasteiger partial charge on any atom is -0.353 e. The molecule has 0 aliphatic carbocycles. The van der Waals surface area contributed by atoms with Gasteiger partial charge in [0.25, 0.3) is 0 Å². The summed E-state index contributed by atoms with van der Waals surface area (Å²) in [5.41, 5.74) is 4.57. The molecule has 2 N–H and O–H groups in total. The van der Waals surface area contributed by atoms with Crippen molar-refractivity contribution in [1.82, 2.24) is 20.4 Å². The molecule has 2 aromatic carbocycles. The zero-order valence-corrected chi connectivity index (χ0v) is 12.7. The summed E-state index contributed by atoms with van der Waals surface area (Å²) in [6.45, 7) is 0. The van der Waals surface area contributed by atoms with E-state index in [9.17, 15) is 0 Å². The van der Waals surface area contributed by atoms with E-state index in [0.717, 1.165) is 33.3 Å². The number of aromatic amines is 1. The topological polar surface area (TPSA) is 66.5 Å². The zero-order valence-electron chi connectivity index (χ0n) is 11.9. The number of para-hydroxylation sites is 1. The smallest absolute Gasteiger partial charge is 0.136 e. The third kappa shape index (κ3) is 2.17. The Hall–Kier alpha value is -2.60. The van der Waals surface area contributed by atoms with Crippen LogP contribution in [-0.2, 0) is 0 Å². The maximum atomic E-state index is 4.43. The number of H-pyrrole nitrogens is 1. The zero-order chi connectivity index (χ0) is 14.9. The van der Waals surface area contributed by atoms with Crippen LogP contribution in [0.25, 0.3) is 21.9 Å². The van der Waals surface area contributed by atoms with Gasteiger partial charge < -0.3 is 5.32 Å². The van der Waals surface area contributed by atoms with Gasteiger partial charge in [-0.25, -0.2) is 0 Å². The summed E-state index contributed by atoms with van der Waals surface area (Å²) in [6.07, 6.45) is 3.88. The Labute approximate surface area is 131 Å². The van der Waals surface area contributed by atoms with Crippen molar-refractivity contribution in [3.63, 3.8) is 0 Å². The molecule has 0 saturated heterocycles. The third-order valence-corrected chi connectivity index (χ3v) is 4.29. The van der Waals surface area contributed by atoms with Gasteiger partial charge in [-0.3, -0.25) is 4.98 Å². The Morgan fingerprint density at radius 1 is 1.00 bits per heavy atom. The summed E-state index contributed by atoms with van der Waals surface area (Å²) in [5.74, 6) is 0. The highest BCUT2D eigenvalue weighted by molar-refractivity contribution is 7.98. The second-order valence-electron chi connectivity index (χ2n) is 4.86. The second-order valence-corrected chi connectivity index (χ2v) is 5.74. The van der Waals surface area contributed by atoms with E-state index in [2.05, 4.69) is 44.1 Å². The largest absolute Gasteiger partial charge is 0.353 e. The number of fused-ring (bicyclic) bond motifs is 2. The van der Waals surface area contributed by atoms with Crippen LogP contribution >= 0.6 is 11.8 Å². The Morgan fingerprint density at radius 3 is 2.86 bits per heavy atom. The van der Waals surface area contributed by atoms with E-state index in [1.807, 2.05) is 36.5 Å². The first-order valence-corrected chi connectivity index (χ1v) is 8.07. The highest BCUT2D eigenvalue weighted by Crippen LogP contribution is 2.30. The monoisotopic (exact) mass is 307 g/mol. The normalized spacial score (nSPS) is 11.1. The van der Waals surface area contributed by atoms with Gasteiger partial charge in [0.05, 0.1) is 11.2 Å². The van der Waals surface area contributed by atoms with Crippen molar-refractivity contribution in [2.75, 3.05) is 11.6 Å². The van der Waals surface area contributed by atoms with Crippen LogP contribution in [0.15, 0.2) is 53.6 Å². The van der Waals surface area contributed by atoms with E-state index in [-0.39, 0.29) is 0 Å². The van der Waals surface area contributed by atoms with E-state index >= 15 is 0 Å². The number of thioether (sulfide) groups is 1. The number of hydrogen-bond acceptors (Lipinski definition) is 5. The predicted octanol–water partition coefficient (Wildman–Crippen LogP) is 3.97. The van der Waals surface area contributed by atoms with Crippen molar-refractivity contribution < 1.29 is 0 Å². The van der Waals surface area contributed by atoms with Gasteiger partial charge in [0.15, 0.2) is 0 Å². The molecule has 0 bridgehead atoms. The number of rotatable bonds is 3. The molecule has 2 aromatic heterocycles. The van der Waals surface area contributed by atoms with Crippen LogP contribution in [0.2, 0.25) is 0 Å². The molecule has 0 amide bonds. The van der Waals surface area contributed by atoms with E-state index in [0.29, 0.717) is 0 Å². The third-order valence-electron chi connectivity index (χ3n) is 3.57. The van der Waals surface area contributed by atoms with Crippen LogP contribution in [0.4, 0.5) is 11.4 Å². The highest BCUT2D eigenvalue weighted by atomic mass is 32.2. The number of pyridine rings is 1. The molecule has 0 radical (unpaired) electrons. The molecule has 0 aliphatic rings. The molecule has 0 spiro atoms. The summed E-state index contributed by atoms with van der Waals surface area (Å²) in [7, 11) is 0. The first-order valence-electron chi connectivity index (χ1n) is 6.84. The van der Waals surface area contributed by atoms with Gasteiger partial charge >= 0.3 is 0 Å². The number of anilines is 2. The average Bonchev–Trinajstić information content (AvgIpc) is 3.04. The number of benzene rings is 2. The van der Waals surface area contributed by atoms with Crippen LogP contribution in [0.5, 0.6) is 0 Å². The molecule has 0 aliphatic heterocycles. The standard InChI is InChI=1S/C16H13N5S/c1-22-10-5-6-12-11(9-10)13(7-8-17-12)18-14-3-2-4-15-16(14)20-21-19-15/h2-9H,1H3,(H,17,18)(H,19,20,21). The molecule has 6 heteroatoms. The van der Waals surface area contributed by atoms with E-state index in [1.165, 1.54) is 4.90 Å². The Balaban J connectivity index is 1.85. The summed E-state index contributed by atoms with van der Waals surface area (Å²) in [6, 6.07) is 14.1. The van der Waals surface area contributed by atoms with Gasteiger partial charge in [0, 0.05) is 22.2 Å². The summed E-state index contributed by atoms with van der Waals surface area (Å²) >= 11 is 1.72. The van der Waals surface area contributed by atoms with Gasteiger partial charge in [-0.1, -0.05) is 6.07 Å². The maximum absolute atomic E-state index is 4.43. The molecule has 4 rings (SSSR count). The molecule has 0 fully saturated rings. The fraction of sp³-hybridized carbons (Fsp3) is 0.0625. The van der Waals surface area contributed by atoms with E-state index in [4.69, 9.17) is 0 Å². The van der Waals surface area contributed by atoms with Gasteiger partial charge in [-0.15, -0.1) is 11.8 Å². The molecule has 22 heavy (non-hydrogen) atoms. The number of aromatic nitrogens is 4. The van der Waals surface area contributed by atoms with Gasteiger partial charge in [-0.05, 0) is 42.7 Å². The number of nitrogens with zero attached hydrogens (tertiary/aromatic N) is 3. The minimum absolute atomic E-state index is 0.827. The minimum atomic E-state index is 0.827. The van der Waals surface area contributed by atoms with Crippen molar-refractivity contribution in [1.29, 1.82) is 0 Å². The Kier molecular flexibility index (Phi) is 3.16. The lowest BCUT2D eigenvalue weighted by Gasteiger charge is -2.10. The van der Waals surface area contributed by atoms with Gasteiger partial charge in [0.1, 0.15) is 11.0 Å². The fourth-order valence-electron chi connectivity index (χ4n) is 2.48. The predicted molar refractivity (Wildman–Crippen MR) is 90.7 cm³/mol. The van der Waals surface area contributed by atoms with Crippen molar-refractivity contribution in [2.45, 2.75) is 4.90 Å². The number of nitrogens with one attached hydrogen (secondary N) is 2. The van der Waals surface area contributed by atoms with Crippen molar-refractivity contribution in [3.8, 4) is 0 Å². The summed E-state index contributed by atoms with van der Waals surface area (Å²) in [5, 5.41) is 15.5. The van der Waals surface area contributed by atoms with Crippen molar-refractivity contribution in [2.24, 2.45) is 0 Å². The molecule has 0 saturated carbocycles. The van der Waals surface area contributed by atoms with E-state index < -0.39 is 0 Å². The molecular weight excluding hydrogens is 294 g/mol. The fourth-order valence-corrected chi connectivity index (χ4v) is 2.92. The lowest BCUT2D eigenvalue weighted by Crippen LogP contribution is -1.94. The van der Waals surface area contributed by atoms with Crippen molar-refractivity contribution in [3.05, 3.63) is 48.7 Å². The van der Waals surface area contributed by atoms with Gasteiger partial charge in [-0.2, -0.15) is 15.4 Å². The molecule has 108 valence electrons. The molecule has 2 heterocycles. The first-order chi connectivity index (χ1) is 10.8. The molecule has 5 nitrogen and oxygen atoms in total. The second kappa shape index (κ2) is 5.31. The molecule has 4 aromatic rings. The number of hydrogen-bond donors (Lipinski definition) is 2. The Morgan fingerprint density at radius 2 is 1.95 bits per heavy atom. The lowest BCUT2D eigenvalue weighted by molar-refractivity contribution is 0.959. The SMILES string of the molecule is CSc1ccc2nccc(Nc3cccc4n[nH]nc34)c2c1. The summed E-state index contributed by atoms with van der Waals surface area (Å²) in [4.78, 5) is 5.64. The van der Waals surface area contributed by atoms with Crippen LogP contribution in [0.3, 0.4) is 0 Å².